The van der Waals surface area contributed by atoms with Crippen molar-refractivity contribution >= 4 is 34.7 Å². The van der Waals surface area contributed by atoms with E-state index in [9.17, 15) is 19.3 Å². The van der Waals surface area contributed by atoms with Gasteiger partial charge in [0.25, 0.3) is 5.69 Å². The van der Waals surface area contributed by atoms with Gasteiger partial charge in [0.2, 0.25) is 0 Å². The van der Waals surface area contributed by atoms with Crippen LogP contribution >= 0.6 is 11.6 Å². The highest BCUT2D eigenvalue weighted by molar-refractivity contribution is 6.34. The lowest BCUT2D eigenvalue weighted by Gasteiger charge is -2.18. The zero-order chi connectivity index (χ0) is 16.3. The number of anilines is 2. The largest absolute Gasteiger partial charge is 0.326 e. The lowest BCUT2D eigenvalue weighted by molar-refractivity contribution is -0.384. The topological polar surface area (TPSA) is 75.5 Å². The van der Waals surface area contributed by atoms with Crippen LogP contribution in [0.1, 0.15) is 0 Å². The first-order chi connectivity index (χ1) is 10.4. The maximum Gasteiger partial charge on any atom is 0.326 e. The van der Waals surface area contributed by atoms with Crippen molar-refractivity contribution in [3.8, 4) is 0 Å². The van der Waals surface area contributed by atoms with Crippen molar-refractivity contribution in [1.82, 2.24) is 0 Å². The number of carbonyl (C=O) groups excluding carboxylic acids is 1. The van der Waals surface area contributed by atoms with Crippen molar-refractivity contribution in [2.45, 2.75) is 0 Å². The number of nitrogens with one attached hydrogen (secondary N) is 1. The van der Waals surface area contributed by atoms with Gasteiger partial charge in [-0.25, -0.2) is 9.18 Å². The standard InChI is InChI=1S/C14H11ClFN3O3/c1-18(10-4-2-9(16)3-5-10)14(20)17-13-7-6-11(19(21)22)8-12(13)15/h2-8H,1H3,(H,17,20). The number of benzene rings is 2. The summed E-state index contributed by atoms with van der Waals surface area (Å²) in [5.41, 5.74) is 0.554. The Morgan fingerprint density at radius 2 is 1.91 bits per heavy atom. The predicted molar refractivity (Wildman–Crippen MR) is 81.9 cm³/mol. The Kier molecular flexibility index (Phi) is 4.57. The highest BCUT2D eigenvalue weighted by atomic mass is 35.5. The Hall–Kier alpha value is -2.67. The Balaban J connectivity index is 2.14. The van der Waals surface area contributed by atoms with E-state index in [1.807, 2.05) is 0 Å². The molecule has 0 aromatic heterocycles. The smallest absolute Gasteiger partial charge is 0.306 e. The molecule has 0 radical (unpaired) electrons. The first kappa shape index (κ1) is 15.7. The summed E-state index contributed by atoms with van der Waals surface area (Å²) in [7, 11) is 1.50. The lowest BCUT2D eigenvalue weighted by Crippen LogP contribution is -2.31. The van der Waals surface area contributed by atoms with Crippen molar-refractivity contribution in [1.29, 1.82) is 0 Å². The molecule has 1 N–H and O–H groups in total. The summed E-state index contributed by atoms with van der Waals surface area (Å²) in [5, 5.41) is 13.2. The van der Waals surface area contributed by atoms with Gasteiger partial charge in [-0.3, -0.25) is 15.0 Å². The number of amides is 2. The van der Waals surface area contributed by atoms with E-state index in [0.29, 0.717) is 5.69 Å². The van der Waals surface area contributed by atoms with Gasteiger partial charge in [-0.15, -0.1) is 0 Å². The third kappa shape index (κ3) is 3.50. The monoisotopic (exact) mass is 323 g/mol. The van der Waals surface area contributed by atoms with Crippen molar-refractivity contribution in [2.75, 3.05) is 17.3 Å². The van der Waals surface area contributed by atoms with Gasteiger partial charge in [0.15, 0.2) is 0 Å². The van der Waals surface area contributed by atoms with E-state index in [1.54, 1.807) is 0 Å². The van der Waals surface area contributed by atoms with E-state index in [1.165, 1.54) is 48.3 Å². The van der Waals surface area contributed by atoms with Gasteiger partial charge in [0.05, 0.1) is 15.6 Å². The van der Waals surface area contributed by atoms with E-state index in [-0.39, 0.29) is 16.4 Å². The minimum Gasteiger partial charge on any atom is -0.306 e. The summed E-state index contributed by atoms with van der Waals surface area (Å²) in [6, 6.07) is 8.59. The number of nitrogens with zero attached hydrogens (tertiary/aromatic N) is 2. The summed E-state index contributed by atoms with van der Waals surface area (Å²) < 4.78 is 12.9. The second kappa shape index (κ2) is 6.40. The Morgan fingerprint density at radius 1 is 1.27 bits per heavy atom. The number of urea groups is 1. The number of hydrogen-bond donors (Lipinski definition) is 1. The molecule has 2 aromatic carbocycles. The van der Waals surface area contributed by atoms with Crippen molar-refractivity contribution < 1.29 is 14.1 Å². The highest BCUT2D eigenvalue weighted by Crippen LogP contribution is 2.27. The Bertz CT molecular complexity index is 722. The van der Waals surface area contributed by atoms with Gasteiger partial charge in [0, 0.05) is 24.9 Å². The van der Waals surface area contributed by atoms with Gasteiger partial charge >= 0.3 is 6.03 Å². The number of rotatable bonds is 3. The molecule has 0 bridgehead atoms. The molecule has 0 fully saturated rings. The maximum atomic E-state index is 12.9. The lowest BCUT2D eigenvalue weighted by atomic mass is 10.2. The van der Waals surface area contributed by atoms with Crippen LogP contribution in [0.2, 0.25) is 5.02 Å². The van der Waals surface area contributed by atoms with Crippen molar-refractivity contribution in [2.24, 2.45) is 0 Å². The molecule has 0 saturated carbocycles. The third-order valence-corrected chi connectivity index (χ3v) is 3.24. The molecule has 8 heteroatoms. The molecule has 2 aromatic rings. The molecule has 0 atom stereocenters. The normalized spacial score (nSPS) is 10.1. The number of carbonyl (C=O) groups is 1. The molecular formula is C14H11ClFN3O3. The molecule has 6 nitrogen and oxygen atoms in total. The number of nitro benzene ring substituents is 1. The minimum absolute atomic E-state index is 0.0510. The molecule has 0 heterocycles. The SMILES string of the molecule is CN(C(=O)Nc1ccc([N+](=O)[O-])cc1Cl)c1ccc(F)cc1. The zero-order valence-electron chi connectivity index (χ0n) is 11.4. The Morgan fingerprint density at radius 3 is 2.45 bits per heavy atom. The molecule has 0 aliphatic carbocycles. The van der Waals surface area contributed by atoms with Gasteiger partial charge < -0.3 is 5.32 Å². The molecular weight excluding hydrogens is 313 g/mol. The fourth-order valence-corrected chi connectivity index (χ4v) is 1.92. The fourth-order valence-electron chi connectivity index (χ4n) is 1.70. The van der Waals surface area contributed by atoms with Crippen LogP contribution in [0.15, 0.2) is 42.5 Å². The van der Waals surface area contributed by atoms with E-state index in [0.717, 1.165) is 6.07 Å². The summed E-state index contributed by atoms with van der Waals surface area (Å²) in [6.07, 6.45) is 0. The summed E-state index contributed by atoms with van der Waals surface area (Å²) in [4.78, 5) is 23.4. The third-order valence-electron chi connectivity index (χ3n) is 2.92. The van der Waals surface area contributed by atoms with Crippen LogP contribution in [0.3, 0.4) is 0 Å². The van der Waals surface area contributed by atoms with Crippen LogP contribution in [0.25, 0.3) is 0 Å². The van der Waals surface area contributed by atoms with Crippen LogP contribution in [-0.2, 0) is 0 Å². The van der Waals surface area contributed by atoms with Crippen LogP contribution in [-0.4, -0.2) is 18.0 Å². The number of hydrogen-bond acceptors (Lipinski definition) is 3. The molecule has 2 amide bonds. The number of nitro groups is 1. The minimum atomic E-state index is -0.581. The quantitative estimate of drug-likeness (QED) is 0.683. The predicted octanol–water partition coefficient (Wildman–Crippen LogP) is 4.06. The number of non-ortho nitro benzene ring substituents is 1. The van der Waals surface area contributed by atoms with Gasteiger partial charge in [0.1, 0.15) is 5.82 Å². The molecule has 0 unspecified atom stereocenters. The van der Waals surface area contributed by atoms with E-state index in [4.69, 9.17) is 11.6 Å². The van der Waals surface area contributed by atoms with Crippen LogP contribution < -0.4 is 10.2 Å². The molecule has 2 rings (SSSR count). The highest BCUT2D eigenvalue weighted by Gasteiger charge is 2.15. The first-order valence-electron chi connectivity index (χ1n) is 6.12. The van der Waals surface area contributed by atoms with E-state index in [2.05, 4.69) is 5.32 Å². The van der Waals surface area contributed by atoms with E-state index >= 15 is 0 Å². The van der Waals surface area contributed by atoms with Gasteiger partial charge in [-0.05, 0) is 30.3 Å². The fraction of sp³-hybridized carbons (Fsp3) is 0.0714. The second-order valence-electron chi connectivity index (χ2n) is 4.39. The van der Waals surface area contributed by atoms with Crippen LogP contribution in [0.4, 0.5) is 26.2 Å². The zero-order valence-corrected chi connectivity index (χ0v) is 12.2. The molecule has 0 spiro atoms. The maximum absolute atomic E-state index is 12.9. The van der Waals surface area contributed by atoms with Gasteiger partial charge in [-0.2, -0.15) is 0 Å². The average molecular weight is 324 g/mol. The molecule has 22 heavy (non-hydrogen) atoms. The molecule has 0 aliphatic rings. The van der Waals surface area contributed by atoms with Crippen LogP contribution in [0.5, 0.6) is 0 Å². The second-order valence-corrected chi connectivity index (χ2v) is 4.79. The average Bonchev–Trinajstić information content (AvgIpc) is 2.49. The first-order valence-corrected chi connectivity index (χ1v) is 6.50. The van der Waals surface area contributed by atoms with Crippen LogP contribution in [0, 0.1) is 15.9 Å². The van der Waals surface area contributed by atoms with Crippen molar-refractivity contribution in [3.05, 3.63) is 63.4 Å². The molecule has 0 aliphatic heterocycles. The summed E-state index contributed by atoms with van der Waals surface area (Å²) >= 11 is 5.90. The van der Waals surface area contributed by atoms with Gasteiger partial charge in [-0.1, -0.05) is 11.6 Å². The summed E-state index contributed by atoms with van der Waals surface area (Å²) in [5.74, 6) is -0.407. The van der Waals surface area contributed by atoms with E-state index < -0.39 is 16.8 Å². The Labute approximate surface area is 130 Å². The molecule has 0 saturated heterocycles. The van der Waals surface area contributed by atoms with Crippen molar-refractivity contribution in [3.63, 3.8) is 0 Å². The molecule has 114 valence electrons. The number of halogens is 2. The summed E-state index contributed by atoms with van der Waals surface area (Å²) in [6.45, 7) is 0.